The van der Waals surface area contributed by atoms with Crippen molar-refractivity contribution >= 4 is 11.3 Å². The van der Waals surface area contributed by atoms with E-state index >= 15 is 0 Å². The lowest BCUT2D eigenvalue weighted by Gasteiger charge is -2.10. The Balaban J connectivity index is 1.78. The molecule has 1 aromatic rings. The largest absolute Gasteiger partial charge is 0.374 e. The van der Waals surface area contributed by atoms with Crippen LogP contribution in [0.1, 0.15) is 67.1 Å². The van der Waals surface area contributed by atoms with Crippen molar-refractivity contribution in [2.75, 3.05) is 7.11 Å². The van der Waals surface area contributed by atoms with Crippen molar-refractivity contribution in [1.29, 1.82) is 0 Å². The third-order valence-electron chi connectivity index (χ3n) is 3.93. The first-order valence-corrected chi connectivity index (χ1v) is 8.26. The van der Waals surface area contributed by atoms with Gasteiger partial charge in [-0.25, -0.2) is 4.98 Å². The van der Waals surface area contributed by atoms with Gasteiger partial charge in [0.1, 0.15) is 11.1 Å². The van der Waals surface area contributed by atoms with Crippen LogP contribution in [0.25, 0.3) is 0 Å². The van der Waals surface area contributed by atoms with Gasteiger partial charge in [-0.05, 0) is 31.6 Å². The Morgan fingerprint density at radius 2 is 2.05 bits per heavy atom. The molecule has 0 amide bonds. The predicted molar refractivity (Wildman–Crippen MR) is 78.5 cm³/mol. The summed E-state index contributed by atoms with van der Waals surface area (Å²) in [6.07, 6.45) is 5.49. The average molecular weight is 280 g/mol. The number of methoxy groups -OCH3 is 1. The SMILES string of the molecule is COC(c1nc(C2CC2)c(CNC(C)C)s1)C1CC1. The van der Waals surface area contributed by atoms with E-state index in [-0.39, 0.29) is 6.10 Å². The number of rotatable bonds is 7. The Morgan fingerprint density at radius 3 is 2.58 bits per heavy atom. The van der Waals surface area contributed by atoms with Crippen LogP contribution in [-0.2, 0) is 11.3 Å². The maximum Gasteiger partial charge on any atom is 0.122 e. The van der Waals surface area contributed by atoms with E-state index in [0.29, 0.717) is 12.0 Å². The minimum absolute atomic E-state index is 0.246. The number of ether oxygens (including phenoxy) is 1. The molecule has 0 saturated heterocycles. The van der Waals surface area contributed by atoms with Gasteiger partial charge in [0.25, 0.3) is 0 Å². The Hall–Kier alpha value is -0.450. The topological polar surface area (TPSA) is 34.1 Å². The zero-order chi connectivity index (χ0) is 13.4. The zero-order valence-electron chi connectivity index (χ0n) is 12.1. The summed E-state index contributed by atoms with van der Waals surface area (Å²) in [5.41, 5.74) is 1.36. The molecule has 2 fully saturated rings. The average Bonchev–Trinajstić information content (AvgIpc) is 3.26. The highest BCUT2D eigenvalue weighted by molar-refractivity contribution is 7.11. The van der Waals surface area contributed by atoms with Crippen LogP contribution >= 0.6 is 11.3 Å². The molecule has 0 radical (unpaired) electrons. The molecular weight excluding hydrogens is 256 g/mol. The zero-order valence-corrected chi connectivity index (χ0v) is 12.9. The first kappa shape index (κ1) is 13.5. The van der Waals surface area contributed by atoms with Gasteiger partial charge in [0, 0.05) is 30.5 Å². The van der Waals surface area contributed by atoms with Crippen molar-refractivity contribution in [2.24, 2.45) is 5.92 Å². The lowest BCUT2D eigenvalue weighted by Crippen LogP contribution is -2.21. The summed E-state index contributed by atoms with van der Waals surface area (Å²) in [7, 11) is 1.83. The molecule has 3 rings (SSSR count). The molecule has 2 aliphatic carbocycles. The molecule has 1 N–H and O–H groups in total. The molecule has 3 nitrogen and oxygen atoms in total. The van der Waals surface area contributed by atoms with Gasteiger partial charge in [0.05, 0.1) is 5.69 Å². The molecule has 0 spiro atoms. The van der Waals surface area contributed by atoms with E-state index in [9.17, 15) is 0 Å². The van der Waals surface area contributed by atoms with Gasteiger partial charge in [0.2, 0.25) is 0 Å². The fourth-order valence-electron chi connectivity index (χ4n) is 2.50. The van der Waals surface area contributed by atoms with Crippen LogP contribution in [-0.4, -0.2) is 18.1 Å². The molecule has 2 aliphatic rings. The highest BCUT2D eigenvalue weighted by Gasteiger charge is 2.37. The second-order valence-electron chi connectivity index (χ2n) is 6.16. The summed E-state index contributed by atoms with van der Waals surface area (Å²) in [6, 6.07) is 0.527. The number of hydrogen-bond donors (Lipinski definition) is 1. The van der Waals surface area contributed by atoms with Crippen LogP contribution in [0.4, 0.5) is 0 Å². The van der Waals surface area contributed by atoms with Crippen molar-refractivity contribution in [3.05, 3.63) is 15.6 Å². The van der Waals surface area contributed by atoms with Crippen molar-refractivity contribution in [2.45, 2.75) is 64.1 Å². The van der Waals surface area contributed by atoms with Crippen LogP contribution in [0.2, 0.25) is 0 Å². The highest BCUT2D eigenvalue weighted by Crippen LogP contribution is 2.48. The number of thiazole rings is 1. The normalized spacial score (nSPS) is 21.1. The van der Waals surface area contributed by atoms with E-state index in [1.54, 1.807) is 0 Å². The number of nitrogens with one attached hydrogen (secondary N) is 1. The Bertz CT molecular complexity index is 435. The van der Waals surface area contributed by atoms with Gasteiger partial charge in [-0.15, -0.1) is 11.3 Å². The van der Waals surface area contributed by atoms with Gasteiger partial charge >= 0.3 is 0 Å². The molecular formula is C15H24N2OS. The van der Waals surface area contributed by atoms with Gasteiger partial charge < -0.3 is 10.1 Å². The summed E-state index contributed by atoms with van der Waals surface area (Å²) in [5, 5.41) is 4.74. The molecule has 0 aromatic carbocycles. The second-order valence-corrected chi connectivity index (χ2v) is 7.28. The number of aromatic nitrogens is 1. The smallest absolute Gasteiger partial charge is 0.122 e. The standard InChI is InChI=1S/C15H24N2OS/c1-9(2)16-8-12-13(10-4-5-10)17-15(19-12)14(18-3)11-6-7-11/h9-11,14,16H,4-8H2,1-3H3. The van der Waals surface area contributed by atoms with Crippen LogP contribution in [0, 0.1) is 5.92 Å². The Labute approximate surface area is 119 Å². The van der Waals surface area contributed by atoms with Crippen LogP contribution in [0.3, 0.4) is 0 Å². The molecule has 1 heterocycles. The van der Waals surface area contributed by atoms with Crippen molar-refractivity contribution in [3.63, 3.8) is 0 Å². The molecule has 1 aromatic heterocycles. The van der Waals surface area contributed by atoms with Crippen molar-refractivity contribution in [1.82, 2.24) is 10.3 Å². The lowest BCUT2D eigenvalue weighted by atomic mass is 10.2. The lowest BCUT2D eigenvalue weighted by molar-refractivity contribution is 0.0842. The summed E-state index contributed by atoms with van der Waals surface area (Å²) in [6.45, 7) is 5.35. The fraction of sp³-hybridized carbons (Fsp3) is 0.800. The van der Waals surface area contributed by atoms with Crippen molar-refractivity contribution in [3.8, 4) is 0 Å². The van der Waals surface area contributed by atoms with Gasteiger partial charge in [0.15, 0.2) is 0 Å². The quantitative estimate of drug-likeness (QED) is 0.828. The molecule has 19 heavy (non-hydrogen) atoms. The van der Waals surface area contributed by atoms with Crippen LogP contribution in [0.5, 0.6) is 0 Å². The van der Waals surface area contributed by atoms with E-state index in [0.717, 1.165) is 12.5 Å². The minimum Gasteiger partial charge on any atom is -0.374 e. The highest BCUT2D eigenvalue weighted by atomic mass is 32.1. The first-order valence-electron chi connectivity index (χ1n) is 7.44. The van der Waals surface area contributed by atoms with Crippen LogP contribution < -0.4 is 5.32 Å². The summed E-state index contributed by atoms with van der Waals surface area (Å²) >= 11 is 1.87. The number of nitrogens with zero attached hydrogens (tertiary/aromatic N) is 1. The van der Waals surface area contributed by atoms with Gasteiger partial charge in [-0.1, -0.05) is 13.8 Å². The van der Waals surface area contributed by atoms with Crippen LogP contribution in [0.15, 0.2) is 0 Å². The number of hydrogen-bond acceptors (Lipinski definition) is 4. The maximum absolute atomic E-state index is 5.68. The summed E-state index contributed by atoms with van der Waals surface area (Å²) in [4.78, 5) is 6.37. The van der Waals surface area contributed by atoms with E-state index in [1.165, 1.54) is 41.3 Å². The van der Waals surface area contributed by atoms with Gasteiger partial charge in [-0.2, -0.15) is 0 Å². The third kappa shape index (κ3) is 3.18. The first-order chi connectivity index (χ1) is 9.19. The molecule has 0 aliphatic heterocycles. The third-order valence-corrected chi connectivity index (χ3v) is 5.06. The molecule has 1 atom stereocenters. The van der Waals surface area contributed by atoms with E-state index in [1.807, 2.05) is 18.4 Å². The monoisotopic (exact) mass is 280 g/mol. The molecule has 0 bridgehead atoms. The minimum atomic E-state index is 0.246. The van der Waals surface area contributed by atoms with Crippen molar-refractivity contribution < 1.29 is 4.74 Å². The van der Waals surface area contributed by atoms with E-state index < -0.39 is 0 Å². The fourth-order valence-corrected chi connectivity index (χ4v) is 3.77. The Kier molecular flexibility index (Phi) is 3.92. The predicted octanol–water partition coefficient (Wildman–Crippen LogP) is 3.62. The molecule has 2 saturated carbocycles. The van der Waals surface area contributed by atoms with E-state index in [4.69, 9.17) is 9.72 Å². The summed E-state index contributed by atoms with van der Waals surface area (Å²) in [5.74, 6) is 1.44. The second kappa shape index (κ2) is 5.51. The molecule has 4 heteroatoms. The van der Waals surface area contributed by atoms with E-state index in [2.05, 4.69) is 19.2 Å². The summed E-state index contributed by atoms with van der Waals surface area (Å²) < 4.78 is 5.68. The maximum atomic E-state index is 5.68. The molecule has 1 unspecified atom stereocenters. The Morgan fingerprint density at radius 1 is 1.32 bits per heavy atom. The molecule has 106 valence electrons. The van der Waals surface area contributed by atoms with Gasteiger partial charge in [-0.3, -0.25) is 0 Å².